The average molecular weight is 249 g/mol. The van der Waals surface area contributed by atoms with Gasteiger partial charge < -0.3 is 4.74 Å². The van der Waals surface area contributed by atoms with Crippen molar-refractivity contribution < 1.29 is 4.74 Å². The number of halogens is 1. The molecular formula is C11H21BrO. The van der Waals surface area contributed by atoms with Crippen LogP contribution in [0.3, 0.4) is 0 Å². The van der Waals surface area contributed by atoms with Crippen LogP contribution in [-0.4, -0.2) is 17.5 Å². The molecule has 2 unspecified atom stereocenters. The Morgan fingerprint density at radius 2 is 1.62 bits per heavy atom. The van der Waals surface area contributed by atoms with Gasteiger partial charge in [-0.15, -0.1) is 0 Å². The van der Waals surface area contributed by atoms with Gasteiger partial charge in [0.25, 0.3) is 0 Å². The van der Waals surface area contributed by atoms with Gasteiger partial charge in [0.1, 0.15) is 0 Å². The summed E-state index contributed by atoms with van der Waals surface area (Å²) in [5, 5.41) is 1.14. The zero-order chi connectivity index (χ0) is 9.52. The van der Waals surface area contributed by atoms with Crippen LogP contribution in [0.2, 0.25) is 0 Å². The highest BCUT2D eigenvalue weighted by molar-refractivity contribution is 9.09. The van der Waals surface area contributed by atoms with Crippen molar-refractivity contribution in [2.24, 2.45) is 0 Å². The van der Waals surface area contributed by atoms with E-state index in [2.05, 4.69) is 22.9 Å². The molecule has 1 aliphatic heterocycles. The standard InChI is InChI=1S/C11H21BrO/c1-2-3-4-7-10-11(13-10)8-5-6-9-12/h10-11H,2-9H2,1H3. The maximum absolute atomic E-state index is 5.59. The molecule has 1 rings (SSSR count). The van der Waals surface area contributed by atoms with Crippen LogP contribution < -0.4 is 0 Å². The van der Waals surface area contributed by atoms with Crippen LogP contribution in [-0.2, 0) is 4.74 Å². The molecule has 0 aromatic rings. The quantitative estimate of drug-likeness (QED) is 0.361. The first-order chi connectivity index (χ1) is 6.38. The largest absolute Gasteiger partial charge is 0.370 e. The highest BCUT2D eigenvalue weighted by atomic mass is 79.9. The Bertz CT molecular complexity index is 113. The second-order valence-electron chi connectivity index (χ2n) is 3.89. The predicted molar refractivity (Wildman–Crippen MR) is 60.4 cm³/mol. The molecule has 1 fully saturated rings. The van der Waals surface area contributed by atoms with E-state index in [1.807, 2.05) is 0 Å². The third-order valence-electron chi connectivity index (χ3n) is 2.65. The predicted octanol–water partition coefficient (Wildman–Crippen LogP) is 3.90. The van der Waals surface area contributed by atoms with E-state index in [9.17, 15) is 0 Å². The Balaban J connectivity index is 1.85. The maximum Gasteiger partial charge on any atom is 0.0841 e. The van der Waals surface area contributed by atoms with Crippen LogP contribution in [0.5, 0.6) is 0 Å². The molecule has 78 valence electrons. The van der Waals surface area contributed by atoms with Gasteiger partial charge in [0, 0.05) is 5.33 Å². The van der Waals surface area contributed by atoms with Crippen LogP contribution in [0.4, 0.5) is 0 Å². The summed E-state index contributed by atoms with van der Waals surface area (Å²) in [5.41, 5.74) is 0. The summed E-state index contributed by atoms with van der Waals surface area (Å²) in [6, 6.07) is 0. The van der Waals surface area contributed by atoms with E-state index in [-0.39, 0.29) is 0 Å². The lowest BCUT2D eigenvalue weighted by atomic mass is 10.1. The molecule has 1 saturated heterocycles. The Morgan fingerprint density at radius 3 is 2.15 bits per heavy atom. The topological polar surface area (TPSA) is 12.5 Å². The van der Waals surface area contributed by atoms with E-state index >= 15 is 0 Å². The van der Waals surface area contributed by atoms with E-state index in [1.54, 1.807) is 0 Å². The molecular weight excluding hydrogens is 228 g/mol. The summed E-state index contributed by atoms with van der Waals surface area (Å²) < 4.78 is 5.59. The fourth-order valence-corrected chi connectivity index (χ4v) is 2.12. The van der Waals surface area contributed by atoms with Crippen LogP contribution >= 0.6 is 15.9 Å². The molecule has 1 nitrogen and oxygen atoms in total. The number of unbranched alkanes of at least 4 members (excludes halogenated alkanes) is 3. The molecule has 0 N–H and O–H groups in total. The van der Waals surface area contributed by atoms with E-state index in [1.165, 1.54) is 44.9 Å². The van der Waals surface area contributed by atoms with Gasteiger partial charge >= 0.3 is 0 Å². The monoisotopic (exact) mass is 248 g/mol. The molecule has 0 bridgehead atoms. The highest BCUT2D eigenvalue weighted by Gasteiger charge is 2.36. The molecule has 0 aliphatic carbocycles. The van der Waals surface area contributed by atoms with Gasteiger partial charge in [0.05, 0.1) is 12.2 Å². The normalized spacial score (nSPS) is 26.3. The lowest BCUT2D eigenvalue weighted by molar-refractivity contribution is 0.350. The summed E-state index contributed by atoms with van der Waals surface area (Å²) in [7, 11) is 0. The van der Waals surface area contributed by atoms with Crippen molar-refractivity contribution in [2.75, 3.05) is 5.33 Å². The zero-order valence-electron chi connectivity index (χ0n) is 8.60. The van der Waals surface area contributed by atoms with Gasteiger partial charge in [-0.05, 0) is 25.7 Å². The lowest BCUT2D eigenvalue weighted by Gasteiger charge is -1.95. The van der Waals surface area contributed by atoms with Gasteiger partial charge in [-0.25, -0.2) is 0 Å². The Kier molecular flexibility index (Phi) is 6.05. The van der Waals surface area contributed by atoms with Crippen molar-refractivity contribution in [1.29, 1.82) is 0 Å². The molecule has 0 spiro atoms. The van der Waals surface area contributed by atoms with Crippen LogP contribution in [0.1, 0.15) is 51.9 Å². The van der Waals surface area contributed by atoms with Gasteiger partial charge in [0.2, 0.25) is 0 Å². The first-order valence-corrected chi connectivity index (χ1v) is 6.72. The molecule has 0 saturated carbocycles. The highest BCUT2D eigenvalue weighted by Crippen LogP contribution is 2.31. The minimum atomic E-state index is 0.621. The molecule has 1 aliphatic rings. The number of alkyl halides is 1. The van der Waals surface area contributed by atoms with Crippen molar-refractivity contribution >= 4 is 15.9 Å². The van der Waals surface area contributed by atoms with E-state index in [0.717, 1.165) is 5.33 Å². The first kappa shape index (κ1) is 11.5. The molecule has 0 radical (unpaired) electrons. The SMILES string of the molecule is CCCCCC1OC1CCCCBr. The number of rotatable bonds is 8. The molecule has 0 aromatic heterocycles. The zero-order valence-corrected chi connectivity index (χ0v) is 10.2. The second kappa shape index (κ2) is 6.83. The first-order valence-electron chi connectivity index (χ1n) is 5.60. The lowest BCUT2D eigenvalue weighted by Crippen LogP contribution is -1.94. The van der Waals surface area contributed by atoms with E-state index in [0.29, 0.717) is 12.2 Å². The van der Waals surface area contributed by atoms with Crippen molar-refractivity contribution in [3.8, 4) is 0 Å². The van der Waals surface area contributed by atoms with Crippen LogP contribution in [0.25, 0.3) is 0 Å². The Labute approximate surface area is 90.4 Å². The summed E-state index contributed by atoms with van der Waals surface area (Å²) in [4.78, 5) is 0. The van der Waals surface area contributed by atoms with Gasteiger partial charge in [-0.3, -0.25) is 0 Å². The van der Waals surface area contributed by atoms with E-state index < -0.39 is 0 Å². The number of ether oxygens (including phenoxy) is 1. The Morgan fingerprint density at radius 1 is 1.00 bits per heavy atom. The fraction of sp³-hybridized carbons (Fsp3) is 1.00. The van der Waals surface area contributed by atoms with E-state index in [4.69, 9.17) is 4.74 Å². The number of hydrogen-bond donors (Lipinski definition) is 0. The minimum absolute atomic E-state index is 0.621. The summed E-state index contributed by atoms with van der Waals surface area (Å²) in [5.74, 6) is 0. The second-order valence-corrected chi connectivity index (χ2v) is 4.69. The number of hydrogen-bond acceptors (Lipinski definition) is 1. The summed E-state index contributed by atoms with van der Waals surface area (Å²) >= 11 is 3.45. The van der Waals surface area contributed by atoms with Gasteiger partial charge in [-0.2, -0.15) is 0 Å². The number of epoxide rings is 1. The molecule has 0 aromatic carbocycles. The average Bonchev–Trinajstić information content (AvgIpc) is 2.85. The molecule has 13 heavy (non-hydrogen) atoms. The third kappa shape index (κ3) is 5.02. The summed E-state index contributed by atoms with van der Waals surface area (Å²) in [6.07, 6.45) is 10.5. The van der Waals surface area contributed by atoms with Crippen molar-refractivity contribution in [3.63, 3.8) is 0 Å². The summed E-state index contributed by atoms with van der Waals surface area (Å²) in [6.45, 7) is 2.25. The molecule has 1 heterocycles. The van der Waals surface area contributed by atoms with Gasteiger partial charge in [-0.1, -0.05) is 42.1 Å². The van der Waals surface area contributed by atoms with Gasteiger partial charge in [0.15, 0.2) is 0 Å². The molecule has 0 amide bonds. The van der Waals surface area contributed by atoms with Crippen molar-refractivity contribution in [3.05, 3.63) is 0 Å². The maximum atomic E-state index is 5.59. The third-order valence-corrected chi connectivity index (χ3v) is 3.21. The minimum Gasteiger partial charge on any atom is -0.370 e. The fourth-order valence-electron chi connectivity index (χ4n) is 1.72. The molecule has 2 atom stereocenters. The van der Waals surface area contributed by atoms with Crippen LogP contribution in [0, 0.1) is 0 Å². The van der Waals surface area contributed by atoms with Crippen LogP contribution in [0.15, 0.2) is 0 Å². The Hall–Kier alpha value is 0.440. The smallest absolute Gasteiger partial charge is 0.0841 e. The van der Waals surface area contributed by atoms with Crippen molar-refractivity contribution in [1.82, 2.24) is 0 Å². The van der Waals surface area contributed by atoms with Crippen molar-refractivity contribution in [2.45, 2.75) is 64.1 Å². The molecule has 2 heteroatoms.